The van der Waals surface area contributed by atoms with Crippen molar-refractivity contribution in [3.05, 3.63) is 47.8 Å². The van der Waals surface area contributed by atoms with Crippen molar-refractivity contribution in [1.82, 2.24) is 0 Å². The lowest BCUT2D eigenvalue weighted by atomic mass is 10.2. The highest BCUT2D eigenvalue weighted by Crippen LogP contribution is 2.34. The number of ether oxygens (including phenoxy) is 2. The largest absolute Gasteiger partial charge is 0.497 e. The van der Waals surface area contributed by atoms with Crippen LogP contribution in [0.3, 0.4) is 0 Å². The van der Waals surface area contributed by atoms with E-state index in [2.05, 4.69) is 4.74 Å². The SMILES string of the molecule is COC(=O)c1cc(Sc2cccc(OC)c2)c(F)cc1N. The van der Waals surface area contributed by atoms with Crippen molar-refractivity contribution in [1.29, 1.82) is 0 Å². The second-order valence-corrected chi connectivity index (χ2v) is 5.26. The summed E-state index contributed by atoms with van der Waals surface area (Å²) < 4.78 is 23.7. The van der Waals surface area contributed by atoms with Crippen LogP contribution in [0.15, 0.2) is 46.2 Å². The Morgan fingerprint density at radius 2 is 2.00 bits per heavy atom. The number of methoxy groups -OCH3 is 2. The van der Waals surface area contributed by atoms with Gasteiger partial charge in [-0.05, 0) is 30.3 Å². The molecule has 0 spiro atoms. The molecule has 0 aliphatic carbocycles. The summed E-state index contributed by atoms with van der Waals surface area (Å²) >= 11 is 1.18. The molecule has 0 saturated carbocycles. The minimum atomic E-state index is -0.597. The third-order valence-electron chi connectivity index (χ3n) is 2.78. The van der Waals surface area contributed by atoms with Crippen LogP contribution in [0.2, 0.25) is 0 Å². The maximum atomic E-state index is 14.0. The highest BCUT2D eigenvalue weighted by atomic mass is 32.2. The first-order chi connectivity index (χ1) is 10.0. The van der Waals surface area contributed by atoms with Crippen LogP contribution in [0.25, 0.3) is 0 Å². The monoisotopic (exact) mass is 307 g/mol. The number of hydrogen-bond donors (Lipinski definition) is 1. The van der Waals surface area contributed by atoms with Crippen LogP contribution in [0.4, 0.5) is 10.1 Å². The normalized spacial score (nSPS) is 10.2. The summed E-state index contributed by atoms with van der Waals surface area (Å²) in [5, 5.41) is 0. The Balaban J connectivity index is 2.37. The van der Waals surface area contributed by atoms with Crippen LogP contribution in [0.5, 0.6) is 5.75 Å². The van der Waals surface area contributed by atoms with Gasteiger partial charge in [0.25, 0.3) is 0 Å². The summed E-state index contributed by atoms with van der Waals surface area (Å²) in [6.07, 6.45) is 0. The van der Waals surface area contributed by atoms with E-state index in [0.717, 1.165) is 11.0 Å². The van der Waals surface area contributed by atoms with Gasteiger partial charge in [0, 0.05) is 15.5 Å². The fourth-order valence-corrected chi connectivity index (χ4v) is 2.63. The summed E-state index contributed by atoms with van der Waals surface area (Å²) in [5.74, 6) is -0.419. The summed E-state index contributed by atoms with van der Waals surface area (Å²) in [5.41, 5.74) is 5.83. The molecule has 0 heterocycles. The van der Waals surface area contributed by atoms with E-state index >= 15 is 0 Å². The Labute approximate surface area is 126 Å². The molecule has 2 aromatic rings. The molecule has 0 aromatic heterocycles. The van der Waals surface area contributed by atoms with Gasteiger partial charge in [-0.25, -0.2) is 9.18 Å². The first-order valence-corrected chi connectivity index (χ1v) is 6.86. The van der Waals surface area contributed by atoms with Crippen molar-refractivity contribution >= 4 is 23.4 Å². The first kappa shape index (κ1) is 15.2. The van der Waals surface area contributed by atoms with Crippen LogP contribution >= 0.6 is 11.8 Å². The first-order valence-electron chi connectivity index (χ1n) is 6.04. The van der Waals surface area contributed by atoms with Crippen LogP contribution in [0.1, 0.15) is 10.4 Å². The number of nitrogen functional groups attached to an aromatic ring is 1. The van der Waals surface area contributed by atoms with Gasteiger partial charge in [0.15, 0.2) is 0 Å². The molecule has 0 amide bonds. The number of carbonyl (C=O) groups is 1. The van der Waals surface area contributed by atoms with Crippen molar-refractivity contribution < 1.29 is 18.7 Å². The second kappa shape index (κ2) is 6.49. The molecular formula is C15H14FNO3S. The van der Waals surface area contributed by atoms with E-state index in [1.165, 1.54) is 24.9 Å². The molecular weight excluding hydrogens is 293 g/mol. The molecule has 0 atom stereocenters. The van der Waals surface area contributed by atoms with Gasteiger partial charge < -0.3 is 15.2 Å². The number of anilines is 1. The molecule has 0 saturated heterocycles. The van der Waals surface area contributed by atoms with E-state index < -0.39 is 11.8 Å². The Morgan fingerprint density at radius 3 is 2.67 bits per heavy atom. The number of halogens is 1. The van der Waals surface area contributed by atoms with Gasteiger partial charge in [-0.3, -0.25) is 0 Å². The average Bonchev–Trinajstić information content (AvgIpc) is 2.49. The Kier molecular flexibility index (Phi) is 4.70. The Bertz CT molecular complexity index is 676. The summed E-state index contributed by atoms with van der Waals surface area (Å²) in [7, 11) is 2.81. The highest BCUT2D eigenvalue weighted by molar-refractivity contribution is 7.99. The lowest BCUT2D eigenvalue weighted by Crippen LogP contribution is -2.06. The fourth-order valence-electron chi connectivity index (χ4n) is 1.73. The molecule has 0 fully saturated rings. The number of hydrogen-bond acceptors (Lipinski definition) is 5. The smallest absolute Gasteiger partial charge is 0.339 e. The van der Waals surface area contributed by atoms with E-state index in [4.69, 9.17) is 10.5 Å². The molecule has 0 bridgehead atoms. The summed E-state index contributed by atoms with van der Waals surface area (Å²) in [6, 6.07) is 9.70. The third-order valence-corrected chi connectivity index (χ3v) is 3.80. The molecule has 0 aliphatic rings. The number of carbonyl (C=O) groups excluding carboxylic acids is 1. The molecule has 110 valence electrons. The Morgan fingerprint density at radius 1 is 1.24 bits per heavy atom. The molecule has 6 heteroatoms. The molecule has 0 aliphatic heterocycles. The summed E-state index contributed by atoms with van der Waals surface area (Å²) in [4.78, 5) is 12.7. The lowest BCUT2D eigenvalue weighted by Gasteiger charge is -2.09. The van der Waals surface area contributed by atoms with Gasteiger partial charge in [-0.15, -0.1) is 0 Å². The van der Waals surface area contributed by atoms with E-state index in [1.54, 1.807) is 25.3 Å². The van der Waals surface area contributed by atoms with E-state index in [9.17, 15) is 9.18 Å². The van der Waals surface area contributed by atoms with Gasteiger partial charge in [0.05, 0.1) is 19.8 Å². The second-order valence-electron chi connectivity index (χ2n) is 4.14. The van der Waals surface area contributed by atoms with Crippen molar-refractivity contribution in [3.63, 3.8) is 0 Å². The minimum absolute atomic E-state index is 0.0503. The fraction of sp³-hybridized carbons (Fsp3) is 0.133. The van der Waals surface area contributed by atoms with Crippen LogP contribution in [-0.2, 0) is 4.74 Å². The van der Waals surface area contributed by atoms with Crippen molar-refractivity contribution in [2.45, 2.75) is 9.79 Å². The van der Waals surface area contributed by atoms with Gasteiger partial charge in [-0.1, -0.05) is 17.8 Å². The molecule has 2 rings (SSSR count). The van der Waals surface area contributed by atoms with Crippen LogP contribution in [0, 0.1) is 5.82 Å². The van der Waals surface area contributed by atoms with Crippen molar-refractivity contribution in [3.8, 4) is 5.75 Å². The number of rotatable bonds is 4. The molecule has 4 nitrogen and oxygen atoms in total. The zero-order valence-electron chi connectivity index (χ0n) is 11.6. The maximum absolute atomic E-state index is 14.0. The molecule has 21 heavy (non-hydrogen) atoms. The molecule has 2 N–H and O–H groups in total. The highest BCUT2D eigenvalue weighted by Gasteiger charge is 2.15. The van der Waals surface area contributed by atoms with E-state index in [0.29, 0.717) is 5.75 Å². The topological polar surface area (TPSA) is 61.5 Å². The molecule has 0 radical (unpaired) electrons. The predicted octanol–water partition coefficient (Wildman–Crippen LogP) is 3.35. The zero-order chi connectivity index (χ0) is 15.4. The molecule has 2 aromatic carbocycles. The number of benzene rings is 2. The van der Waals surface area contributed by atoms with Crippen LogP contribution in [-0.4, -0.2) is 20.2 Å². The van der Waals surface area contributed by atoms with Gasteiger partial charge in [-0.2, -0.15) is 0 Å². The quantitative estimate of drug-likeness (QED) is 0.693. The van der Waals surface area contributed by atoms with Crippen molar-refractivity contribution in [2.24, 2.45) is 0 Å². The minimum Gasteiger partial charge on any atom is -0.497 e. The zero-order valence-corrected chi connectivity index (χ0v) is 12.4. The Hall–Kier alpha value is -2.21. The van der Waals surface area contributed by atoms with Gasteiger partial charge in [0.1, 0.15) is 11.6 Å². The van der Waals surface area contributed by atoms with E-state index in [-0.39, 0.29) is 16.1 Å². The van der Waals surface area contributed by atoms with Gasteiger partial charge >= 0.3 is 5.97 Å². The standard InChI is InChI=1S/C15H14FNO3S/c1-19-9-4-3-5-10(6-9)21-14-7-11(15(18)20-2)13(17)8-12(14)16/h3-8H,17H2,1-2H3. The summed E-state index contributed by atoms with van der Waals surface area (Å²) in [6.45, 7) is 0. The number of esters is 1. The third kappa shape index (κ3) is 3.46. The maximum Gasteiger partial charge on any atom is 0.339 e. The van der Waals surface area contributed by atoms with E-state index in [1.807, 2.05) is 6.07 Å². The lowest BCUT2D eigenvalue weighted by molar-refractivity contribution is 0.0601. The molecule has 0 unspecified atom stereocenters. The average molecular weight is 307 g/mol. The van der Waals surface area contributed by atoms with Gasteiger partial charge in [0.2, 0.25) is 0 Å². The number of nitrogens with two attached hydrogens (primary N) is 1. The predicted molar refractivity (Wildman–Crippen MR) is 79.3 cm³/mol. The van der Waals surface area contributed by atoms with Crippen molar-refractivity contribution in [2.75, 3.05) is 20.0 Å². The van der Waals surface area contributed by atoms with Crippen LogP contribution < -0.4 is 10.5 Å².